The molecule has 1 aliphatic rings. The number of carbonyl (C=O) groups excluding carboxylic acids is 1. The number of hydrogen-bond donors (Lipinski definition) is 3. The second-order valence-electron chi connectivity index (χ2n) is 10.6. The van der Waals surface area contributed by atoms with E-state index in [1.165, 1.54) is 13.3 Å². The Morgan fingerprint density at radius 3 is 2.60 bits per heavy atom. The van der Waals surface area contributed by atoms with E-state index in [2.05, 4.69) is 61.7 Å². The molecule has 2 aromatic carbocycles. The first-order valence-electron chi connectivity index (χ1n) is 13.6. The van der Waals surface area contributed by atoms with E-state index < -0.39 is 13.0 Å². The maximum atomic E-state index is 12.9. The average Bonchev–Trinajstić information content (AvgIpc) is 3.45. The number of methoxy groups -OCH3 is 2. The third-order valence-electron chi connectivity index (χ3n) is 6.95. The standard InChI is InChI=1S/C30H37ClN7O4P/c1-37(2)20-13-14-38(19-20)25-17-26(42-4)24(16-23(25)33-28(39)12-9-15-41-3)35-30-32-18-21(31)29(36-30)34-22-10-7-8-11-27(22)43(5,6)40/h7-8,10-11,16-18,20H,13-15,19H2,1-6H3,(H,33,39)(H2,32,34,35,36). The molecular weight excluding hydrogens is 589 g/mol. The van der Waals surface area contributed by atoms with Crippen molar-refractivity contribution in [3.63, 3.8) is 0 Å². The van der Waals surface area contributed by atoms with Crippen LogP contribution in [0.15, 0.2) is 42.6 Å². The first-order valence-corrected chi connectivity index (χ1v) is 16.6. The molecule has 0 saturated carbocycles. The van der Waals surface area contributed by atoms with Crippen molar-refractivity contribution in [2.75, 3.05) is 82.2 Å². The lowest BCUT2D eigenvalue weighted by atomic mass is 10.2. The predicted octanol–water partition coefficient (Wildman–Crippen LogP) is 4.60. The number of para-hydroxylation sites is 1. The number of ether oxygens (including phenoxy) is 2. The molecule has 1 unspecified atom stereocenters. The van der Waals surface area contributed by atoms with Crippen LogP contribution in [0, 0.1) is 11.8 Å². The summed E-state index contributed by atoms with van der Waals surface area (Å²) in [6.45, 7) is 5.17. The molecule has 4 rings (SSSR count). The second kappa shape index (κ2) is 14.1. The van der Waals surface area contributed by atoms with Crippen LogP contribution in [0.3, 0.4) is 0 Å². The van der Waals surface area contributed by atoms with Crippen LogP contribution in [-0.4, -0.2) is 88.2 Å². The van der Waals surface area contributed by atoms with Crippen LogP contribution < -0.4 is 30.9 Å². The zero-order valence-corrected chi connectivity index (χ0v) is 26.8. The third kappa shape index (κ3) is 8.18. The number of benzene rings is 2. The van der Waals surface area contributed by atoms with E-state index in [9.17, 15) is 9.36 Å². The lowest BCUT2D eigenvalue weighted by Crippen LogP contribution is -2.31. The normalized spacial score (nSPS) is 14.7. The molecule has 0 spiro atoms. The third-order valence-corrected chi connectivity index (χ3v) is 8.77. The van der Waals surface area contributed by atoms with Gasteiger partial charge >= 0.3 is 0 Å². The summed E-state index contributed by atoms with van der Waals surface area (Å²) in [6, 6.07) is 11.4. The summed E-state index contributed by atoms with van der Waals surface area (Å²) in [4.78, 5) is 26.1. The van der Waals surface area contributed by atoms with Crippen molar-refractivity contribution in [2.45, 2.75) is 12.5 Å². The van der Waals surface area contributed by atoms with Gasteiger partial charge in [0.1, 0.15) is 24.5 Å². The smallest absolute Gasteiger partial charge is 0.300 e. The highest BCUT2D eigenvalue weighted by Gasteiger charge is 2.27. The Morgan fingerprint density at radius 2 is 1.93 bits per heavy atom. The highest BCUT2D eigenvalue weighted by molar-refractivity contribution is 7.70. The highest BCUT2D eigenvalue weighted by atomic mass is 35.5. The fourth-order valence-corrected chi connectivity index (χ4v) is 6.03. The maximum absolute atomic E-state index is 12.9. The van der Waals surface area contributed by atoms with Crippen molar-refractivity contribution in [1.82, 2.24) is 14.9 Å². The molecular formula is C30H37ClN7O4P. The topological polar surface area (TPSA) is 121 Å². The molecule has 3 aromatic rings. The van der Waals surface area contributed by atoms with E-state index in [1.54, 1.807) is 26.5 Å². The number of aromatic nitrogens is 2. The van der Waals surface area contributed by atoms with Crippen LogP contribution in [0.5, 0.6) is 5.75 Å². The minimum Gasteiger partial charge on any atom is -0.494 e. The molecule has 0 aliphatic carbocycles. The number of halogens is 1. The van der Waals surface area contributed by atoms with Crippen LogP contribution in [0.4, 0.5) is 34.5 Å². The van der Waals surface area contributed by atoms with Gasteiger partial charge < -0.3 is 39.8 Å². The Balaban J connectivity index is 1.69. The fraction of sp³-hybridized carbons (Fsp3) is 0.367. The summed E-state index contributed by atoms with van der Waals surface area (Å²) in [5, 5.41) is 10.3. The first-order chi connectivity index (χ1) is 20.5. The molecule has 11 nitrogen and oxygen atoms in total. The molecule has 228 valence electrons. The maximum Gasteiger partial charge on any atom is 0.300 e. The van der Waals surface area contributed by atoms with Crippen molar-refractivity contribution in [2.24, 2.45) is 0 Å². The molecule has 3 N–H and O–H groups in total. The van der Waals surface area contributed by atoms with Crippen molar-refractivity contribution in [3.8, 4) is 17.6 Å². The molecule has 1 fully saturated rings. The van der Waals surface area contributed by atoms with Crippen molar-refractivity contribution >= 4 is 64.5 Å². The van der Waals surface area contributed by atoms with Crippen LogP contribution >= 0.6 is 18.7 Å². The summed E-state index contributed by atoms with van der Waals surface area (Å²) in [6.07, 6.45) is 2.46. The Hall–Kier alpha value is -3.81. The summed E-state index contributed by atoms with van der Waals surface area (Å²) < 4.78 is 23.6. The zero-order valence-electron chi connectivity index (χ0n) is 25.2. The Morgan fingerprint density at radius 1 is 1.16 bits per heavy atom. The van der Waals surface area contributed by atoms with Crippen LogP contribution in [0.25, 0.3) is 0 Å². The summed E-state index contributed by atoms with van der Waals surface area (Å²) >= 11 is 6.45. The van der Waals surface area contributed by atoms with Crippen molar-refractivity contribution < 1.29 is 18.8 Å². The molecule has 1 aliphatic heterocycles. The largest absolute Gasteiger partial charge is 0.494 e. The van der Waals surface area contributed by atoms with Crippen molar-refractivity contribution in [1.29, 1.82) is 0 Å². The molecule has 1 atom stereocenters. The first kappa shape index (κ1) is 32.1. The van der Waals surface area contributed by atoms with Gasteiger partial charge in [0.25, 0.3) is 5.91 Å². The Kier molecular flexibility index (Phi) is 10.5. The molecule has 0 bridgehead atoms. The van der Waals surface area contributed by atoms with E-state index in [-0.39, 0.29) is 17.6 Å². The monoisotopic (exact) mass is 625 g/mol. The quantitative estimate of drug-likeness (QED) is 0.218. The van der Waals surface area contributed by atoms with Gasteiger partial charge in [-0.3, -0.25) is 4.79 Å². The SMILES string of the molecule is COCC#CC(=O)Nc1cc(Nc2ncc(Cl)c(Nc3ccccc3P(C)(C)=O)n2)c(OC)cc1N1CCC(N(C)C)C1. The summed E-state index contributed by atoms with van der Waals surface area (Å²) in [5.74, 6) is 5.88. The molecule has 2 heterocycles. The second-order valence-corrected chi connectivity index (χ2v) is 14.2. The predicted molar refractivity (Wildman–Crippen MR) is 175 cm³/mol. The Bertz CT molecular complexity index is 1580. The van der Waals surface area contributed by atoms with E-state index in [1.807, 2.05) is 30.3 Å². The molecule has 1 amide bonds. The van der Waals surface area contributed by atoms with Gasteiger partial charge in [0.2, 0.25) is 5.95 Å². The van der Waals surface area contributed by atoms with E-state index in [0.29, 0.717) is 40.0 Å². The molecule has 0 radical (unpaired) electrons. The molecule has 43 heavy (non-hydrogen) atoms. The zero-order chi connectivity index (χ0) is 31.1. The number of anilines is 6. The number of amides is 1. The van der Waals surface area contributed by atoms with Gasteiger partial charge in [-0.2, -0.15) is 4.98 Å². The van der Waals surface area contributed by atoms with Gasteiger partial charge in [-0.25, -0.2) is 4.98 Å². The van der Waals surface area contributed by atoms with Crippen LogP contribution in [-0.2, 0) is 14.1 Å². The number of likely N-dealkylation sites (N-methyl/N-ethyl adjacent to an activating group) is 1. The van der Waals surface area contributed by atoms with E-state index in [0.717, 1.165) is 25.2 Å². The van der Waals surface area contributed by atoms with Gasteiger partial charge in [0, 0.05) is 37.6 Å². The van der Waals surface area contributed by atoms with E-state index in [4.69, 9.17) is 21.1 Å². The number of nitrogens with one attached hydrogen (secondary N) is 3. The van der Waals surface area contributed by atoms with E-state index >= 15 is 0 Å². The van der Waals surface area contributed by atoms with Gasteiger partial charge in [-0.05, 0) is 58.0 Å². The number of rotatable bonds is 10. The van der Waals surface area contributed by atoms with Crippen LogP contribution in [0.2, 0.25) is 5.02 Å². The minimum absolute atomic E-state index is 0.148. The Labute approximate surface area is 257 Å². The fourth-order valence-electron chi connectivity index (χ4n) is 4.73. The van der Waals surface area contributed by atoms with Crippen molar-refractivity contribution in [3.05, 3.63) is 47.6 Å². The van der Waals surface area contributed by atoms with Gasteiger partial charge in [0.05, 0.1) is 36.1 Å². The van der Waals surface area contributed by atoms with Gasteiger partial charge in [-0.15, -0.1) is 0 Å². The minimum atomic E-state index is -2.57. The average molecular weight is 626 g/mol. The summed E-state index contributed by atoms with van der Waals surface area (Å²) in [7, 11) is 4.64. The number of carbonyl (C=O) groups is 1. The lowest BCUT2D eigenvalue weighted by molar-refractivity contribution is -0.111. The summed E-state index contributed by atoms with van der Waals surface area (Å²) in [5.41, 5.74) is 2.54. The molecule has 1 aromatic heterocycles. The number of hydrogen-bond acceptors (Lipinski definition) is 10. The highest BCUT2D eigenvalue weighted by Crippen LogP contribution is 2.41. The molecule has 1 saturated heterocycles. The van der Waals surface area contributed by atoms with Gasteiger partial charge in [0.15, 0.2) is 5.82 Å². The lowest BCUT2D eigenvalue weighted by Gasteiger charge is -2.25. The molecule has 13 heteroatoms. The van der Waals surface area contributed by atoms with Crippen LogP contribution in [0.1, 0.15) is 6.42 Å². The van der Waals surface area contributed by atoms with Gasteiger partial charge in [-0.1, -0.05) is 29.7 Å². The number of nitrogens with zero attached hydrogens (tertiary/aromatic N) is 4.